The molecule has 188 valence electrons. The first-order valence-electron chi connectivity index (χ1n) is 11.6. The van der Waals surface area contributed by atoms with Crippen LogP contribution in [0.4, 0.5) is 24.5 Å². The number of alkyl halides is 3. The van der Waals surface area contributed by atoms with Crippen molar-refractivity contribution in [2.24, 2.45) is 5.92 Å². The molecule has 2 atom stereocenters. The van der Waals surface area contributed by atoms with Crippen molar-refractivity contribution < 1.29 is 27.8 Å². The molecule has 4 heterocycles. The van der Waals surface area contributed by atoms with Crippen molar-refractivity contribution in [3.63, 3.8) is 0 Å². The van der Waals surface area contributed by atoms with E-state index in [0.29, 0.717) is 31.9 Å². The fraction of sp³-hybridized carbons (Fsp3) is 0.346. The predicted octanol–water partition coefficient (Wildman–Crippen LogP) is 4.09. The maximum Gasteiger partial charge on any atom is 0.416 e. The SMILES string of the molecule is Cc1ncc(NC(=O)c2cccc(C(F)(F)F)c2)cc1-c1cnc2c(c1)N1CCOC[C@@H]1[C@@H](CO)C2. The third-order valence-corrected chi connectivity index (χ3v) is 6.76. The van der Waals surface area contributed by atoms with Crippen LogP contribution in [0.5, 0.6) is 0 Å². The molecule has 0 bridgehead atoms. The Hall–Kier alpha value is -3.50. The Morgan fingerprint density at radius 3 is 2.83 bits per heavy atom. The minimum Gasteiger partial charge on any atom is -0.396 e. The normalized spacial score (nSPS) is 19.4. The molecule has 0 unspecified atom stereocenters. The summed E-state index contributed by atoms with van der Waals surface area (Å²) >= 11 is 0. The number of halogens is 3. The van der Waals surface area contributed by atoms with E-state index in [0.717, 1.165) is 40.3 Å². The average Bonchev–Trinajstić information content (AvgIpc) is 2.88. The van der Waals surface area contributed by atoms with E-state index in [9.17, 15) is 23.1 Å². The molecule has 7 nitrogen and oxygen atoms in total. The number of hydrogen-bond donors (Lipinski definition) is 2. The molecule has 1 saturated heterocycles. The number of aliphatic hydroxyl groups excluding tert-OH is 1. The van der Waals surface area contributed by atoms with E-state index in [1.165, 1.54) is 18.3 Å². The van der Waals surface area contributed by atoms with Gasteiger partial charge < -0.3 is 20.1 Å². The van der Waals surface area contributed by atoms with Crippen LogP contribution in [-0.4, -0.2) is 53.4 Å². The summed E-state index contributed by atoms with van der Waals surface area (Å²) in [5.74, 6) is -0.610. The monoisotopic (exact) mass is 498 g/mol. The van der Waals surface area contributed by atoms with Gasteiger partial charge in [-0.3, -0.25) is 14.8 Å². The number of hydrogen-bond acceptors (Lipinski definition) is 6. The van der Waals surface area contributed by atoms with Crippen LogP contribution in [0.3, 0.4) is 0 Å². The van der Waals surface area contributed by atoms with Gasteiger partial charge in [0.25, 0.3) is 5.91 Å². The highest BCUT2D eigenvalue weighted by molar-refractivity contribution is 6.04. The zero-order valence-electron chi connectivity index (χ0n) is 19.5. The molecule has 1 aromatic carbocycles. The first kappa shape index (κ1) is 24.2. The van der Waals surface area contributed by atoms with Gasteiger partial charge in [-0.2, -0.15) is 13.2 Å². The van der Waals surface area contributed by atoms with Crippen molar-refractivity contribution in [1.29, 1.82) is 0 Å². The van der Waals surface area contributed by atoms with Crippen molar-refractivity contribution in [2.45, 2.75) is 25.6 Å². The third kappa shape index (κ3) is 4.66. The second kappa shape index (κ2) is 9.51. The standard InChI is InChI=1S/C26H25F3N4O3/c1-15-21(10-20(12-30-15)32-25(35)16-3-2-4-19(7-16)26(27,28)29)17-9-23-22(31-11-17)8-18(13-34)24-14-36-6-5-33(23)24/h2-4,7,9-12,18,24,34H,5-6,8,13-14H2,1H3,(H,32,35)/t18-,24-/m1/s1. The van der Waals surface area contributed by atoms with Crippen LogP contribution in [-0.2, 0) is 17.3 Å². The number of nitrogens with zero attached hydrogens (tertiary/aromatic N) is 3. The summed E-state index contributed by atoms with van der Waals surface area (Å²) in [7, 11) is 0. The Morgan fingerprint density at radius 2 is 2.06 bits per heavy atom. The number of nitrogens with one attached hydrogen (secondary N) is 1. The summed E-state index contributed by atoms with van der Waals surface area (Å²) in [4.78, 5) is 24.0. The summed E-state index contributed by atoms with van der Waals surface area (Å²) < 4.78 is 44.8. The molecule has 5 rings (SSSR count). The number of pyridine rings is 2. The van der Waals surface area contributed by atoms with Gasteiger partial charge in [0.2, 0.25) is 0 Å². The predicted molar refractivity (Wildman–Crippen MR) is 128 cm³/mol. The van der Waals surface area contributed by atoms with Crippen molar-refractivity contribution in [3.05, 3.63) is 71.3 Å². The largest absolute Gasteiger partial charge is 0.416 e. The molecular weight excluding hydrogens is 473 g/mol. The van der Waals surface area contributed by atoms with Crippen LogP contribution in [0.15, 0.2) is 48.8 Å². The number of aryl methyl sites for hydroxylation is 1. The second-order valence-electron chi connectivity index (χ2n) is 9.06. The van der Waals surface area contributed by atoms with Crippen LogP contribution in [0.25, 0.3) is 11.1 Å². The topological polar surface area (TPSA) is 87.6 Å². The average molecular weight is 499 g/mol. The Labute approximate surface area is 205 Å². The van der Waals surface area contributed by atoms with Crippen LogP contribution < -0.4 is 10.2 Å². The first-order chi connectivity index (χ1) is 17.2. The number of carbonyl (C=O) groups is 1. The van der Waals surface area contributed by atoms with Gasteiger partial charge in [-0.25, -0.2) is 0 Å². The highest BCUT2D eigenvalue weighted by atomic mass is 19.4. The number of morpholine rings is 1. The Balaban J connectivity index is 1.43. The maximum atomic E-state index is 13.0. The van der Waals surface area contributed by atoms with E-state index in [1.807, 2.05) is 13.0 Å². The first-order valence-corrected chi connectivity index (χ1v) is 11.6. The van der Waals surface area contributed by atoms with Gasteiger partial charge in [-0.05, 0) is 43.7 Å². The molecule has 0 radical (unpaired) electrons. The van der Waals surface area contributed by atoms with Crippen LogP contribution in [0, 0.1) is 12.8 Å². The lowest BCUT2D eigenvalue weighted by molar-refractivity contribution is -0.137. The van der Waals surface area contributed by atoms with Gasteiger partial charge in [0.15, 0.2) is 0 Å². The molecule has 0 saturated carbocycles. The molecule has 36 heavy (non-hydrogen) atoms. The van der Waals surface area contributed by atoms with Crippen LogP contribution in [0.1, 0.15) is 27.3 Å². The van der Waals surface area contributed by atoms with E-state index in [2.05, 4.69) is 20.2 Å². The number of aliphatic hydroxyl groups is 1. The molecule has 2 aliphatic heterocycles. The number of amides is 1. The fourth-order valence-electron chi connectivity index (χ4n) is 4.85. The molecule has 0 spiro atoms. The van der Waals surface area contributed by atoms with Gasteiger partial charge in [0.1, 0.15) is 0 Å². The second-order valence-corrected chi connectivity index (χ2v) is 9.06. The van der Waals surface area contributed by atoms with Gasteiger partial charge >= 0.3 is 6.18 Å². The maximum absolute atomic E-state index is 13.0. The molecule has 2 N–H and O–H groups in total. The lowest BCUT2D eigenvalue weighted by atomic mass is 9.87. The van der Waals surface area contributed by atoms with E-state index >= 15 is 0 Å². The summed E-state index contributed by atoms with van der Waals surface area (Å²) in [5.41, 5.74) is 3.56. The summed E-state index contributed by atoms with van der Waals surface area (Å²) in [6.45, 7) is 3.74. The number of rotatable bonds is 4. The smallest absolute Gasteiger partial charge is 0.396 e. The molecule has 3 aromatic rings. The molecule has 1 amide bonds. The van der Waals surface area contributed by atoms with Crippen molar-refractivity contribution in [1.82, 2.24) is 9.97 Å². The number of fused-ring (bicyclic) bond motifs is 3. The van der Waals surface area contributed by atoms with Gasteiger partial charge in [0.05, 0.1) is 48.1 Å². The highest BCUT2D eigenvalue weighted by Gasteiger charge is 2.37. The molecule has 2 aliphatic rings. The fourth-order valence-corrected chi connectivity index (χ4v) is 4.85. The van der Waals surface area contributed by atoms with Gasteiger partial charge in [-0.15, -0.1) is 0 Å². The zero-order chi connectivity index (χ0) is 25.4. The van der Waals surface area contributed by atoms with E-state index < -0.39 is 17.6 Å². The minimum atomic E-state index is -4.54. The molecule has 2 aromatic heterocycles. The Kier molecular flexibility index (Phi) is 6.40. The van der Waals surface area contributed by atoms with E-state index in [1.54, 1.807) is 12.3 Å². The van der Waals surface area contributed by atoms with Gasteiger partial charge in [-0.1, -0.05) is 6.07 Å². The van der Waals surface area contributed by atoms with Crippen molar-refractivity contribution in [3.8, 4) is 11.1 Å². The van der Waals surface area contributed by atoms with Gasteiger partial charge in [0, 0.05) is 47.7 Å². The summed E-state index contributed by atoms with van der Waals surface area (Å²) in [6.07, 6.45) is -0.664. The van der Waals surface area contributed by atoms with E-state index in [-0.39, 0.29) is 24.1 Å². The molecule has 0 aliphatic carbocycles. The number of aromatic nitrogens is 2. The number of carbonyl (C=O) groups excluding carboxylic acids is 1. The van der Waals surface area contributed by atoms with Crippen LogP contribution >= 0.6 is 0 Å². The number of ether oxygens (including phenoxy) is 1. The molecular formula is C26H25F3N4O3. The zero-order valence-corrected chi connectivity index (χ0v) is 19.5. The van der Waals surface area contributed by atoms with Crippen molar-refractivity contribution >= 4 is 17.3 Å². The Morgan fingerprint density at radius 1 is 1.22 bits per heavy atom. The lowest BCUT2D eigenvalue weighted by Crippen LogP contribution is -2.54. The summed E-state index contributed by atoms with van der Waals surface area (Å²) in [5, 5.41) is 12.5. The lowest BCUT2D eigenvalue weighted by Gasteiger charge is -2.45. The van der Waals surface area contributed by atoms with Crippen LogP contribution in [0.2, 0.25) is 0 Å². The minimum absolute atomic E-state index is 0.0499. The third-order valence-electron chi connectivity index (χ3n) is 6.76. The number of anilines is 2. The Bertz CT molecular complexity index is 1300. The van der Waals surface area contributed by atoms with E-state index in [4.69, 9.17) is 4.74 Å². The molecule has 1 fully saturated rings. The number of benzene rings is 1. The molecule has 10 heteroatoms. The van der Waals surface area contributed by atoms with Crippen molar-refractivity contribution in [2.75, 3.05) is 36.6 Å². The quantitative estimate of drug-likeness (QED) is 0.564. The summed E-state index contributed by atoms with van der Waals surface area (Å²) in [6, 6.07) is 8.14. The highest BCUT2D eigenvalue weighted by Crippen LogP contribution is 2.37.